The Morgan fingerprint density at radius 2 is 1.94 bits per heavy atom. The number of hydrogen-bond acceptors (Lipinski definition) is 2. The lowest BCUT2D eigenvalue weighted by Gasteiger charge is -2.31. The SMILES string of the molecule is ClC1=NN(Cc2ccccc2)C2CCCCC12. The summed E-state index contributed by atoms with van der Waals surface area (Å²) in [5.74, 6) is 0.495. The van der Waals surface area contributed by atoms with Gasteiger partial charge in [0.15, 0.2) is 0 Å². The first-order valence-electron chi connectivity index (χ1n) is 6.39. The third kappa shape index (κ3) is 2.19. The number of nitrogens with zero attached hydrogens (tertiary/aromatic N) is 2. The molecule has 0 saturated heterocycles. The molecule has 1 aliphatic carbocycles. The van der Waals surface area contributed by atoms with Gasteiger partial charge in [0, 0.05) is 5.92 Å². The molecule has 0 amide bonds. The Labute approximate surface area is 107 Å². The summed E-state index contributed by atoms with van der Waals surface area (Å²) >= 11 is 6.26. The van der Waals surface area contributed by atoms with Crippen LogP contribution in [0.15, 0.2) is 35.4 Å². The van der Waals surface area contributed by atoms with Crippen LogP contribution in [-0.2, 0) is 6.54 Å². The smallest absolute Gasteiger partial charge is 0.131 e. The first-order chi connectivity index (χ1) is 8.34. The van der Waals surface area contributed by atoms with Crippen molar-refractivity contribution in [3.8, 4) is 0 Å². The summed E-state index contributed by atoms with van der Waals surface area (Å²) in [6.07, 6.45) is 5.05. The van der Waals surface area contributed by atoms with Crippen LogP contribution in [0.25, 0.3) is 0 Å². The maximum atomic E-state index is 6.26. The number of rotatable bonds is 2. The number of hydrogen-bond donors (Lipinski definition) is 0. The van der Waals surface area contributed by atoms with Crippen molar-refractivity contribution in [1.82, 2.24) is 5.01 Å². The molecule has 2 aliphatic rings. The fourth-order valence-corrected chi connectivity index (χ4v) is 3.29. The molecule has 1 aromatic carbocycles. The summed E-state index contributed by atoms with van der Waals surface area (Å²) in [6.45, 7) is 0.887. The van der Waals surface area contributed by atoms with Crippen LogP contribution in [0.2, 0.25) is 0 Å². The number of halogens is 1. The monoisotopic (exact) mass is 248 g/mol. The molecule has 17 heavy (non-hydrogen) atoms. The van der Waals surface area contributed by atoms with E-state index in [1.165, 1.54) is 31.2 Å². The van der Waals surface area contributed by atoms with Crippen molar-refractivity contribution in [3.05, 3.63) is 35.9 Å². The van der Waals surface area contributed by atoms with Crippen LogP contribution in [0, 0.1) is 5.92 Å². The minimum absolute atomic E-state index is 0.495. The van der Waals surface area contributed by atoms with Gasteiger partial charge < -0.3 is 0 Å². The van der Waals surface area contributed by atoms with E-state index in [0.717, 1.165) is 11.7 Å². The fraction of sp³-hybridized carbons (Fsp3) is 0.500. The molecular formula is C14H17ClN2. The average molecular weight is 249 g/mol. The van der Waals surface area contributed by atoms with Crippen molar-refractivity contribution in [2.24, 2.45) is 11.0 Å². The highest BCUT2D eigenvalue weighted by Gasteiger charge is 2.37. The zero-order valence-electron chi connectivity index (χ0n) is 9.85. The summed E-state index contributed by atoms with van der Waals surface area (Å²) in [5.41, 5.74) is 1.31. The topological polar surface area (TPSA) is 15.6 Å². The summed E-state index contributed by atoms with van der Waals surface area (Å²) in [5, 5.41) is 7.56. The highest BCUT2D eigenvalue weighted by atomic mass is 35.5. The van der Waals surface area contributed by atoms with Crippen LogP contribution in [-0.4, -0.2) is 16.2 Å². The van der Waals surface area contributed by atoms with Crippen LogP contribution >= 0.6 is 11.6 Å². The summed E-state index contributed by atoms with van der Waals surface area (Å²) in [4.78, 5) is 0. The first-order valence-corrected chi connectivity index (χ1v) is 6.77. The Kier molecular flexibility index (Phi) is 3.06. The Balaban J connectivity index is 1.75. The van der Waals surface area contributed by atoms with Gasteiger partial charge >= 0.3 is 0 Å². The third-order valence-corrected chi connectivity index (χ3v) is 4.19. The molecule has 3 heteroatoms. The van der Waals surface area contributed by atoms with Crippen molar-refractivity contribution in [1.29, 1.82) is 0 Å². The molecule has 1 saturated carbocycles. The van der Waals surface area contributed by atoms with Gasteiger partial charge in [0.1, 0.15) is 5.17 Å². The van der Waals surface area contributed by atoms with Crippen LogP contribution in [0.3, 0.4) is 0 Å². The van der Waals surface area contributed by atoms with Crippen molar-refractivity contribution < 1.29 is 0 Å². The molecule has 1 aromatic rings. The van der Waals surface area contributed by atoms with Gasteiger partial charge in [-0.05, 0) is 18.4 Å². The third-order valence-electron chi connectivity index (χ3n) is 3.83. The van der Waals surface area contributed by atoms with Crippen molar-refractivity contribution in [2.75, 3.05) is 0 Å². The first kappa shape index (κ1) is 11.1. The molecule has 0 radical (unpaired) electrons. The van der Waals surface area contributed by atoms with Crippen LogP contribution < -0.4 is 0 Å². The zero-order valence-corrected chi connectivity index (χ0v) is 10.6. The normalized spacial score (nSPS) is 27.8. The van der Waals surface area contributed by atoms with Gasteiger partial charge in [0.05, 0.1) is 12.6 Å². The van der Waals surface area contributed by atoms with E-state index in [1.807, 2.05) is 6.07 Å². The van der Waals surface area contributed by atoms with Crippen molar-refractivity contribution in [2.45, 2.75) is 38.3 Å². The van der Waals surface area contributed by atoms with Gasteiger partial charge in [-0.1, -0.05) is 54.8 Å². The Morgan fingerprint density at radius 1 is 1.18 bits per heavy atom. The quantitative estimate of drug-likeness (QED) is 0.781. The predicted molar refractivity (Wildman–Crippen MR) is 71.0 cm³/mol. The van der Waals surface area contributed by atoms with E-state index in [4.69, 9.17) is 11.6 Å². The molecule has 3 rings (SSSR count). The summed E-state index contributed by atoms with van der Waals surface area (Å²) in [6, 6.07) is 11.0. The molecule has 0 N–H and O–H groups in total. The molecule has 2 atom stereocenters. The molecule has 90 valence electrons. The Morgan fingerprint density at radius 3 is 2.76 bits per heavy atom. The standard InChI is InChI=1S/C14H17ClN2/c15-14-12-8-4-5-9-13(12)17(16-14)10-11-6-2-1-3-7-11/h1-3,6-7,12-13H,4-5,8-10H2. The van der Waals surface area contributed by atoms with Gasteiger partial charge in [-0.15, -0.1) is 0 Å². The molecular weight excluding hydrogens is 232 g/mol. The highest BCUT2D eigenvalue weighted by Crippen LogP contribution is 2.36. The minimum atomic E-state index is 0.495. The van der Waals surface area contributed by atoms with E-state index >= 15 is 0 Å². The highest BCUT2D eigenvalue weighted by molar-refractivity contribution is 6.66. The summed E-state index contributed by atoms with van der Waals surface area (Å²) in [7, 11) is 0. The molecule has 2 unspecified atom stereocenters. The van der Waals surface area contributed by atoms with E-state index in [2.05, 4.69) is 34.4 Å². The van der Waals surface area contributed by atoms with Gasteiger partial charge in [0.2, 0.25) is 0 Å². The van der Waals surface area contributed by atoms with E-state index in [0.29, 0.717) is 12.0 Å². The number of fused-ring (bicyclic) bond motifs is 1. The van der Waals surface area contributed by atoms with Gasteiger partial charge in [-0.25, -0.2) is 0 Å². The van der Waals surface area contributed by atoms with E-state index in [9.17, 15) is 0 Å². The van der Waals surface area contributed by atoms with Crippen molar-refractivity contribution >= 4 is 16.8 Å². The molecule has 1 fully saturated rings. The maximum absolute atomic E-state index is 6.26. The second-order valence-electron chi connectivity index (χ2n) is 4.96. The molecule has 1 heterocycles. The maximum Gasteiger partial charge on any atom is 0.131 e. The van der Waals surface area contributed by atoms with E-state index in [-0.39, 0.29) is 0 Å². The van der Waals surface area contributed by atoms with Crippen LogP contribution in [0.5, 0.6) is 0 Å². The lowest BCUT2D eigenvalue weighted by Crippen LogP contribution is -2.34. The molecule has 0 bridgehead atoms. The molecule has 1 aliphatic heterocycles. The van der Waals surface area contributed by atoms with Crippen LogP contribution in [0.1, 0.15) is 31.2 Å². The Hall–Kier alpha value is -1.02. The van der Waals surface area contributed by atoms with Crippen LogP contribution in [0.4, 0.5) is 0 Å². The average Bonchev–Trinajstić information content (AvgIpc) is 2.69. The largest absolute Gasteiger partial charge is 0.288 e. The fourth-order valence-electron chi connectivity index (χ4n) is 2.94. The molecule has 0 spiro atoms. The van der Waals surface area contributed by atoms with Gasteiger partial charge in [-0.2, -0.15) is 5.10 Å². The van der Waals surface area contributed by atoms with Gasteiger partial charge in [-0.3, -0.25) is 5.01 Å². The van der Waals surface area contributed by atoms with Gasteiger partial charge in [0.25, 0.3) is 0 Å². The summed E-state index contributed by atoms with van der Waals surface area (Å²) < 4.78 is 0. The van der Waals surface area contributed by atoms with Crippen molar-refractivity contribution in [3.63, 3.8) is 0 Å². The Bertz CT molecular complexity index is 415. The van der Waals surface area contributed by atoms with E-state index < -0.39 is 0 Å². The molecule has 2 nitrogen and oxygen atoms in total. The number of benzene rings is 1. The lowest BCUT2D eigenvalue weighted by atomic mass is 9.85. The number of hydrazone groups is 1. The van der Waals surface area contributed by atoms with E-state index in [1.54, 1.807) is 0 Å². The lowest BCUT2D eigenvalue weighted by molar-refractivity contribution is 0.156. The molecule has 0 aromatic heterocycles. The second kappa shape index (κ2) is 4.69. The minimum Gasteiger partial charge on any atom is -0.288 e. The zero-order chi connectivity index (χ0) is 11.7. The second-order valence-corrected chi connectivity index (χ2v) is 5.35. The predicted octanol–water partition coefficient (Wildman–Crippen LogP) is 3.61.